The molecule has 0 aliphatic heterocycles. The number of halogens is 2. The largest absolute Gasteiger partial charge is 0.435 e. The van der Waals surface area contributed by atoms with E-state index in [-0.39, 0.29) is 5.75 Å². The monoisotopic (exact) mass is 260 g/mol. The van der Waals surface area contributed by atoms with Crippen LogP contribution in [0.2, 0.25) is 0 Å². The molecular formula is C13H18F2O3. The minimum atomic E-state index is -2.85. The van der Waals surface area contributed by atoms with E-state index in [1.54, 1.807) is 19.2 Å². The van der Waals surface area contributed by atoms with Crippen molar-refractivity contribution in [1.82, 2.24) is 0 Å². The second-order valence-corrected chi connectivity index (χ2v) is 3.96. The van der Waals surface area contributed by atoms with Crippen LogP contribution in [0.3, 0.4) is 0 Å². The highest BCUT2D eigenvalue weighted by Gasteiger charge is 2.10. The van der Waals surface area contributed by atoms with Crippen LogP contribution in [0, 0.1) is 0 Å². The van der Waals surface area contributed by atoms with Crippen molar-refractivity contribution in [2.75, 3.05) is 13.7 Å². The topological polar surface area (TPSA) is 38.7 Å². The Kier molecular flexibility index (Phi) is 6.60. The highest BCUT2D eigenvalue weighted by atomic mass is 19.3. The van der Waals surface area contributed by atoms with E-state index in [9.17, 15) is 13.9 Å². The molecule has 0 aliphatic rings. The highest BCUT2D eigenvalue weighted by Crippen LogP contribution is 2.24. The van der Waals surface area contributed by atoms with Crippen molar-refractivity contribution in [3.63, 3.8) is 0 Å². The molecule has 0 fully saturated rings. The molecule has 1 atom stereocenters. The Morgan fingerprint density at radius 1 is 1.28 bits per heavy atom. The van der Waals surface area contributed by atoms with E-state index in [1.165, 1.54) is 12.1 Å². The van der Waals surface area contributed by atoms with Gasteiger partial charge in [0.15, 0.2) is 0 Å². The van der Waals surface area contributed by atoms with E-state index >= 15 is 0 Å². The minimum absolute atomic E-state index is 0.0680. The van der Waals surface area contributed by atoms with E-state index in [2.05, 4.69) is 4.74 Å². The van der Waals surface area contributed by atoms with Crippen molar-refractivity contribution in [3.05, 3.63) is 29.8 Å². The minimum Gasteiger partial charge on any atom is -0.435 e. The molecule has 0 bridgehead atoms. The van der Waals surface area contributed by atoms with Gasteiger partial charge in [0.1, 0.15) is 5.75 Å². The molecule has 1 aromatic rings. The third-order valence-corrected chi connectivity index (χ3v) is 2.54. The zero-order valence-corrected chi connectivity index (χ0v) is 10.3. The normalized spacial score (nSPS) is 12.7. The summed E-state index contributed by atoms with van der Waals surface area (Å²) < 4.78 is 33.3. The van der Waals surface area contributed by atoms with Crippen molar-refractivity contribution >= 4 is 0 Å². The van der Waals surface area contributed by atoms with E-state index < -0.39 is 12.7 Å². The lowest BCUT2D eigenvalue weighted by Gasteiger charge is -2.12. The van der Waals surface area contributed by atoms with Gasteiger partial charge in [-0.3, -0.25) is 0 Å². The van der Waals surface area contributed by atoms with Crippen LogP contribution in [0.15, 0.2) is 24.3 Å². The summed E-state index contributed by atoms with van der Waals surface area (Å²) in [4.78, 5) is 0. The fraction of sp³-hybridized carbons (Fsp3) is 0.538. The number of hydrogen-bond acceptors (Lipinski definition) is 3. The first-order chi connectivity index (χ1) is 8.63. The fourth-order valence-corrected chi connectivity index (χ4v) is 1.65. The maximum Gasteiger partial charge on any atom is 0.387 e. The van der Waals surface area contributed by atoms with Gasteiger partial charge in [0, 0.05) is 13.7 Å². The summed E-state index contributed by atoms with van der Waals surface area (Å²) in [5.74, 6) is 0.0680. The Bertz CT molecular complexity index is 345. The third-order valence-electron chi connectivity index (χ3n) is 2.54. The molecular weight excluding hydrogens is 242 g/mol. The van der Waals surface area contributed by atoms with Crippen molar-refractivity contribution in [1.29, 1.82) is 0 Å². The Morgan fingerprint density at radius 2 is 2.06 bits per heavy atom. The van der Waals surface area contributed by atoms with Crippen LogP contribution in [-0.2, 0) is 4.74 Å². The Labute approximate surface area is 105 Å². The zero-order chi connectivity index (χ0) is 13.4. The standard InChI is InChI=1S/C13H18F2O3/c1-17-8-3-2-7-12(16)10-5-4-6-11(9-10)18-13(14)15/h4-6,9,12-13,16H,2-3,7-8H2,1H3. The molecule has 18 heavy (non-hydrogen) atoms. The molecule has 0 radical (unpaired) electrons. The molecule has 0 spiro atoms. The molecule has 1 unspecified atom stereocenters. The summed E-state index contributed by atoms with van der Waals surface area (Å²) in [6, 6.07) is 6.16. The molecule has 0 saturated heterocycles. The van der Waals surface area contributed by atoms with E-state index in [0.29, 0.717) is 18.6 Å². The number of hydrogen-bond donors (Lipinski definition) is 1. The van der Waals surface area contributed by atoms with Crippen molar-refractivity contribution < 1.29 is 23.4 Å². The van der Waals surface area contributed by atoms with Gasteiger partial charge in [-0.1, -0.05) is 12.1 Å². The van der Waals surface area contributed by atoms with Gasteiger partial charge in [-0.15, -0.1) is 0 Å². The molecule has 102 valence electrons. The smallest absolute Gasteiger partial charge is 0.387 e. The molecule has 3 nitrogen and oxygen atoms in total. The van der Waals surface area contributed by atoms with Crippen LogP contribution < -0.4 is 4.74 Å². The summed E-state index contributed by atoms with van der Waals surface area (Å²) in [6.07, 6.45) is 1.58. The van der Waals surface area contributed by atoms with E-state index in [0.717, 1.165) is 12.8 Å². The molecule has 5 heteroatoms. The summed E-state index contributed by atoms with van der Waals surface area (Å²) >= 11 is 0. The first kappa shape index (κ1) is 14.9. The quantitative estimate of drug-likeness (QED) is 0.730. The molecule has 1 N–H and O–H groups in total. The molecule has 1 aromatic carbocycles. The van der Waals surface area contributed by atoms with Gasteiger partial charge in [0.05, 0.1) is 6.10 Å². The predicted octanol–water partition coefficient (Wildman–Crippen LogP) is 3.14. The first-order valence-corrected chi connectivity index (χ1v) is 5.85. The molecule has 0 aromatic heterocycles. The van der Waals surface area contributed by atoms with Gasteiger partial charge < -0.3 is 14.6 Å². The van der Waals surface area contributed by atoms with Crippen LogP contribution in [0.1, 0.15) is 30.9 Å². The average Bonchev–Trinajstić information content (AvgIpc) is 2.34. The van der Waals surface area contributed by atoms with Crippen LogP contribution in [0.25, 0.3) is 0 Å². The Balaban J connectivity index is 2.48. The lowest BCUT2D eigenvalue weighted by Crippen LogP contribution is -2.03. The zero-order valence-electron chi connectivity index (χ0n) is 10.3. The second kappa shape index (κ2) is 8.00. The lowest BCUT2D eigenvalue weighted by atomic mass is 10.0. The van der Waals surface area contributed by atoms with Crippen LogP contribution in [0.4, 0.5) is 8.78 Å². The van der Waals surface area contributed by atoms with Crippen molar-refractivity contribution in [2.45, 2.75) is 32.0 Å². The van der Waals surface area contributed by atoms with Crippen molar-refractivity contribution in [2.24, 2.45) is 0 Å². The summed E-state index contributed by atoms with van der Waals surface area (Å²) in [6.45, 7) is -2.19. The summed E-state index contributed by atoms with van der Waals surface area (Å²) in [7, 11) is 1.63. The summed E-state index contributed by atoms with van der Waals surface area (Å²) in [5, 5.41) is 9.89. The van der Waals surface area contributed by atoms with Crippen LogP contribution >= 0.6 is 0 Å². The average molecular weight is 260 g/mol. The van der Waals surface area contributed by atoms with Crippen molar-refractivity contribution in [3.8, 4) is 5.75 Å². The molecule has 1 rings (SSSR count). The summed E-state index contributed by atoms with van der Waals surface area (Å²) in [5.41, 5.74) is 0.588. The van der Waals surface area contributed by atoms with Crippen LogP contribution in [0.5, 0.6) is 5.75 Å². The maximum absolute atomic E-state index is 12.0. The lowest BCUT2D eigenvalue weighted by molar-refractivity contribution is -0.0500. The third kappa shape index (κ3) is 5.42. The number of ether oxygens (including phenoxy) is 2. The highest BCUT2D eigenvalue weighted by molar-refractivity contribution is 5.29. The van der Waals surface area contributed by atoms with Gasteiger partial charge in [0.25, 0.3) is 0 Å². The number of aliphatic hydroxyl groups excluding tert-OH is 1. The fourth-order valence-electron chi connectivity index (χ4n) is 1.65. The first-order valence-electron chi connectivity index (χ1n) is 5.85. The van der Waals surface area contributed by atoms with E-state index in [1.807, 2.05) is 0 Å². The number of methoxy groups -OCH3 is 1. The Hall–Kier alpha value is -1.20. The van der Waals surface area contributed by atoms with Crippen LogP contribution in [-0.4, -0.2) is 25.4 Å². The molecule has 0 aliphatic carbocycles. The van der Waals surface area contributed by atoms with Gasteiger partial charge in [-0.2, -0.15) is 8.78 Å². The number of unbranched alkanes of at least 4 members (excludes halogenated alkanes) is 1. The predicted molar refractivity (Wildman–Crippen MR) is 63.8 cm³/mol. The van der Waals surface area contributed by atoms with Gasteiger partial charge >= 0.3 is 6.61 Å². The van der Waals surface area contributed by atoms with Gasteiger partial charge in [-0.05, 0) is 37.0 Å². The molecule has 0 saturated carbocycles. The van der Waals surface area contributed by atoms with E-state index in [4.69, 9.17) is 4.74 Å². The van der Waals surface area contributed by atoms with Gasteiger partial charge in [0.2, 0.25) is 0 Å². The number of aliphatic hydroxyl groups is 1. The second-order valence-electron chi connectivity index (χ2n) is 3.96. The number of rotatable bonds is 8. The Morgan fingerprint density at radius 3 is 2.72 bits per heavy atom. The number of benzene rings is 1. The van der Waals surface area contributed by atoms with Gasteiger partial charge in [-0.25, -0.2) is 0 Å². The maximum atomic E-state index is 12.0. The SMILES string of the molecule is COCCCCC(O)c1cccc(OC(F)F)c1. The number of alkyl halides is 2. The molecule has 0 heterocycles. The molecule has 0 amide bonds.